The van der Waals surface area contributed by atoms with Gasteiger partial charge in [-0.1, -0.05) is 93.0 Å². The Labute approximate surface area is 337 Å². The number of nitrogens with zero attached hydrogens (tertiary/aromatic N) is 1. The van der Waals surface area contributed by atoms with E-state index in [0.29, 0.717) is 30.8 Å². The molecule has 3 aromatic carbocycles. The van der Waals surface area contributed by atoms with Crippen LogP contribution in [0.2, 0.25) is 5.02 Å². The summed E-state index contributed by atoms with van der Waals surface area (Å²) in [7, 11) is 0. The topological polar surface area (TPSA) is 149 Å². The van der Waals surface area contributed by atoms with E-state index in [1.165, 1.54) is 35.9 Å². The van der Waals surface area contributed by atoms with E-state index in [2.05, 4.69) is 69.6 Å². The monoisotopic (exact) mass is 800 g/mol. The standard InChI is InChI=1S/C42H57ClN4O7.ClH/c1-11-41(7,8)28-16-20-35(31(24-28)42(9,10)12-2)53-22-14-15-36(48)45-29-17-19-32(43)33(25-29)46-39(50)37(38(49)40(4,5)6)54-34-21-18-30(47(51)52)23-27(34)26-44-13-3;/h16-21,23-25,37,44H,11-15,22,26H2,1-10H3,(H,45,48)(H,46,50);1H. The van der Waals surface area contributed by atoms with Crippen LogP contribution in [0.25, 0.3) is 0 Å². The molecule has 0 spiro atoms. The molecule has 0 aromatic heterocycles. The highest BCUT2D eigenvalue weighted by Crippen LogP contribution is 2.39. The van der Waals surface area contributed by atoms with Gasteiger partial charge in [0.05, 0.1) is 22.2 Å². The highest BCUT2D eigenvalue weighted by molar-refractivity contribution is 6.34. The van der Waals surface area contributed by atoms with Crippen LogP contribution in [0.15, 0.2) is 54.6 Å². The molecule has 13 heteroatoms. The van der Waals surface area contributed by atoms with Crippen molar-refractivity contribution in [2.24, 2.45) is 5.41 Å². The van der Waals surface area contributed by atoms with Gasteiger partial charge in [0.1, 0.15) is 11.5 Å². The van der Waals surface area contributed by atoms with Gasteiger partial charge in [-0.3, -0.25) is 24.5 Å². The smallest absolute Gasteiger partial charge is 0.273 e. The number of nitro groups is 1. The van der Waals surface area contributed by atoms with E-state index < -0.39 is 28.1 Å². The number of carbonyl (C=O) groups is 3. The quantitative estimate of drug-likeness (QED) is 0.0470. The number of hydrogen-bond donors (Lipinski definition) is 3. The van der Waals surface area contributed by atoms with Gasteiger partial charge in [0, 0.05) is 47.3 Å². The Morgan fingerprint density at radius 1 is 0.855 bits per heavy atom. The van der Waals surface area contributed by atoms with Crippen LogP contribution >= 0.6 is 24.0 Å². The molecule has 2 amide bonds. The van der Waals surface area contributed by atoms with E-state index in [4.69, 9.17) is 21.1 Å². The van der Waals surface area contributed by atoms with Crippen LogP contribution in [0.4, 0.5) is 17.1 Å². The molecule has 1 unspecified atom stereocenters. The Morgan fingerprint density at radius 2 is 1.51 bits per heavy atom. The summed E-state index contributed by atoms with van der Waals surface area (Å²) in [6.45, 7) is 21.3. The second-order valence-corrected chi connectivity index (χ2v) is 16.2. The zero-order valence-electron chi connectivity index (χ0n) is 33.8. The van der Waals surface area contributed by atoms with Gasteiger partial charge in [0.2, 0.25) is 12.0 Å². The molecule has 0 radical (unpaired) electrons. The number of ether oxygens (including phenoxy) is 2. The van der Waals surface area contributed by atoms with Crippen molar-refractivity contribution in [3.63, 3.8) is 0 Å². The van der Waals surface area contributed by atoms with Crippen LogP contribution in [0.5, 0.6) is 11.5 Å². The lowest BCUT2D eigenvalue weighted by Crippen LogP contribution is -2.45. The number of ketones is 1. The molecule has 0 bridgehead atoms. The molecule has 3 aromatic rings. The van der Waals surface area contributed by atoms with Gasteiger partial charge in [0.25, 0.3) is 11.6 Å². The summed E-state index contributed by atoms with van der Waals surface area (Å²) in [5.74, 6) is -0.574. The Hall–Kier alpha value is -4.19. The minimum atomic E-state index is -1.61. The van der Waals surface area contributed by atoms with E-state index in [1.54, 1.807) is 26.8 Å². The summed E-state index contributed by atoms with van der Waals surface area (Å²) in [4.78, 5) is 51.2. The molecule has 3 N–H and O–H groups in total. The van der Waals surface area contributed by atoms with E-state index in [9.17, 15) is 24.5 Å². The number of hydrogen-bond acceptors (Lipinski definition) is 8. The molecule has 0 heterocycles. The summed E-state index contributed by atoms with van der Waals surface area (Å²) in [6, 6.07) is 15.1. The summed E-state index contributed by atoms with van der Waals surface area (Å²) in [6.07, 6.45) is 1.02. The lowest BCUT2D eigenvalue weighted by atomic mass is 9.76. The zero-order valence-corrected chi connectivity index (χ0v) is 35.4. The highest BCUT2D eigenvalue weighted by Gasteiger charge is 2.37. The van der Waals surface area contributed by atoms with Crippen molar-refractivity contribution < 1.29 is 28.8 Å². The van der Waals surface area contributed by atoms with Gasteiger partial charge in [-0.15, -0.1) is 12.4 Å². The predicted octanol–water partition coefficient (Wildman–Crippen LogP) is 9.95. The normalized spacial score (nSPS) is 12.3. The maximum Gasteiger partial charge on any atom is 0.273 e. The van der Waals surface area contributed by atoms with Crippen LogP contribution in [0.1, 0.15) is 112 Å². The van der Waals surface area contributed by atoms with E-state index in [0.717, 1.165) is 24.2 Å². The molecule has 0 aliphatic carbocycles. The lowest BCUT2D eigenvalue weighted by Gasteiger charge is -2.30. The number of nitrogens with one attached hydrogen (secondary N) is 3. The molecule has 11 nitrogen and oxygen atoms in total. The predicted molar refractivity (Wildman–Crippen MR) is 223 cm³/mol. The number of non-ortho nitro benzene ring substituents is 1. The fraction of sp³-hybridized carbons (Fsp3) is 0.500. The van der Waals surface area contributed by atoms with E-state index >= 15 is 0 Å². The minimum absolute atomic E-state index is 0. The Balaban J connectivity index is 0.0000105. The first-order valence-electron chi connectivity index (χ1n) is 18.6. The molecule has 3 rings (SSSR count). The third kappa shape index (κ3) is 12.9. The van der Waals surface area contributed by atoms with Crippen molar-refractivity contribution >= 4 is 58.7 Å². The molecule has 1 atom stereocenters. The van der Waals surface area contributed by atoms with Crippen molar-refractivity contribution in [3.05, 3.63) is 86.4 Å². The summed E-state index contributed by atoms with van der Waals surface area (Å²) < 4.78 is 12.3. The lowest BCUT2D eigenvalue weighted by molar-refractivity contribution is -0.384. The van der Waals surface area contributed by atoms with Crippen molar-refractivity contribution in [2.75, 3.05) is 23.8 Å². The van der Waals surface area contributed by atoms with E-state index in [1.807, 2.05) is 13.0 Å². The molecule has 0 aliphatic rings. The number of benzene rings is 3. The minimum Gasteiger partial charge on any atom is -0.493 e. The molecule has 302 valence electrons. The summed E-state index contributed by atoms with van der Waals surface area (Å²) in [5.41, 5.74) is 2.24. The molecular formula is C42H58Cl2N4O7. The molecule has 0 aliphatic heterocycles. The van der Waals surface area contributed by atoms with Crippen molar-refractivity contribution in [1.82, 2.24) is 5.32 Å². The molecule has 0 saturated heterocycles. The first-order valence-corrected chi connectivity index (χ1v) is 19.0. The number of Topliss-reactive ketones (excluding diaryl/α,β-unsaturated/α-hetero) is 1. The number of rotatable bonds is 19. The maximum absolute atomic E-state index is 13.7. The van der Waals surface area contributed by atoms with Crippen LogP contribution in [0, 0.1) is 15.5 Å². The summed E-state index contributed by atoms with van der Waals surface area (Å²) in [5, 5.41) is 20.2. The fourth-order valence-corrected chi connectivity index (χ4v) is 5.64. The number of anilines is 2. The molecule has 0 saturated carbocycles. The van der Waals surface area contributed by atoms with Gasteiger partial charge in [-0.05, 0) is 72.5 Å². The molecule has 55 heavy (non-hydrogen) atoms. The summed E-state index contributed by atoms with van der Waals surface area (Å²) >= 11 is 6.46. The second-order valence-electron chi connectivity index (χ2n) is 15.8. The van der Waals surface area contributed by atoms with Gasteiger partial charge in [-0.2, -0.15) is 0 Å². The van der Waals surface area contributed by atoms with Crippen LogP contribution in [0.3, 0.4) is 0 Å². The SMILES string of the molecule is CCNCc1cc([N+](=O)[O-])ccc1OC(C(=O)Nc1cc(NC(=O)CCCOc2ccc(C(C)(C)CC)cc2C(C)(C)CC)ccc1Cl)C(=O)C(C)(C)C.Cl. The maximum atomic E-state index is 13.7. The largest absolute Gasteiger partial charge is 0.493 e. The first kappa shape index (κ1) is 47.0. The first-order chi connectivity index (χ1) is 25.2. The number of amides is 2. The van der Waals surface area contributed by atoms with Gasteiger partial charge in [0.15, 0.2) is 5.78 Å². The van der Waals surface area contributed by atoms with Crippen molar-refractivity contribution in [2.45, 2.75) is 118 Å². The van der Waals surface area contributed by atoms with Crippen molar-refractivity contribution in [3.8, 4) is 11.5 Å². The Morgan fingerprint density at radius 3 is 2.11 bits per heavy atom. The third-order valence-corrected chi connectivity index (χ3v) is 10.2. The fourth-order valence-electron chi connectivity index (χ4n) is 5.47. The van der Waals surface area contributed by atoms with Gasteiger partial charge >= 0.3 is 0 Å². The number of halogens is 2. The average molecular weight is 802 g/mol. The molecular weight excluding hydrogens is 743 g/mol. The van der Waals surface area contributed by atoms with E-state index in [-0.39, 0.29) is 64.3 Å². The third-order valence-electron chi connectivity index (χ3n) is 9.85. The van der Waals surface area contributed by atoms with Crippen LogP contribution in [-0.2, 0) is 31.8 Å². The molecule has 0 fully saturated rings. The average Bonchev–Trinajstić information content (AvgIpc) is 3.12. The Kier molecular flexibility index (Phi) is 17.2. The zero-order chi connectivity index (χ0) is 40.4. The van der Waals surface area contributed by atoms with Crippen molar-refractivity contribution in [1.29, 1.82) is 0 Å². The number of carbonyl (C=O) groups excluding carboxylic acids is 3. The Bertz CT molecular complexity index is 1820. The van der Waals surface area contributed by atoms with Gasteiger partial charge < -0.3 is 25.4 Å². The highest BCUT2D eigenvalue weighted by atomic mass is 35.5. The van der Waals surface area contributed by atoms with Crippen LogP contribution in [-0.4, -0.2) is 41.8 Å². The number of nitro benzene ring substituents is 1. The van der Waals surface area contributed by atoms with Crippen LogP contribution < -0.4 is 25.4 Å². The second kappa shape index (κ2) is 20.1. The van der Waals surface area contributed by atoms with Gasteiger partial charge in [-0.25, -0.2) is 0 Å².